The van der Waals surface area contributed by atoms with Gasteiger partial charge in [0.05, 0.1) is 0 Å². The summed E-state index contributed by atoms with van der Waals surface area (Å²) >= 11 is 0. The highest BCUT2D eigenvalue weighted by Gasteiger charge is 2.17. The number of piperidine rings is 1. The molecule has 0 bridgehead atoms. The van der Waals surface area contributed by atoms with Crippen LogP contribution >= 0.6 is 0 Å². The van der Waals surface area contributed by atoms with Gasteiger partial charge in [0.25, 0.3) is 0 Å². The molecule has 1 saturated heterocycles. The second kappa shape index (κ2) is 5.49. The van der Waals surface area contributed by atoms with Crippen LogP contribution in [0, 0.1) is 5.92 Å². The van der Waals surface area contributed by atoms with Crippen LogP contribution in [0.5, 0.6) is 0 Å². The molecule has 88 valence electrons. The van der Waals surface area contributed by atoms with Crippen molar-refractivity contribution in [2.75, 3.05) is 19.6 Å². The molecule has 0 aromatic heterocycles. The molecule has 1 fully saturated rings. The molecule has 0 amide bonds. The Balaban J connectivity index is 1.86. The molecule has 1 atom stereocenters. The molecule has 1 aromatic carbocycles. The Bertz CT molecular complexity index is 298. The molecule has 1 aliphatic rings. The van der Waals surface area contributed by atoms with E-state index in [-0.39, 0.29) is 0 Å². The molecular weight excluding hydrogens is 194 g/mol. The molecule has 1 nitrogen and oxygen atoms in total. The first-order valence-corrected chi connectivity index (χ1v) is 6.53. The molecular formula is C15H23N. The second-order valence-electron chi connectivity index (χ2n) is 5.29. The minimum atomic E-state index is 0.662. The van der Waals surface area contributed by atoms with Gasteiger partial charge in [-0.15, -0.1) is 0 Å². The third-order valence-corrected chi connectivity index (χ3v) is 3.78. The summed E-state index contributed by atoms with van der Waals surface area (Å²) in [6.45, 7) is 8.51. The zero-order chi connectivity index (χ0) is 11.4. The van der Waals surface area contributed by atoms with Gasteiger partial charge in [0.2, 0.25) is 0 Å². The smallest absolute Gasteiger partial charge is 0.00476 e. The minimum Gasteiger partial charge on any atom is -0.303 e. The maximum absolute atomic E-state index is 2.62. The summed E-state index contributed by atoms with van der Waals surface area (Å²) < 4.78 is 0. The SMILES string of the molecule is CC1CCN(C[C@H](C)c2ccccc2)CC1. The van der Waals surface area contributed by atoms with E-state index in [4.69, 9.17) is 0 Å². The maximum atomic E-state index is 2.62. The predicted molar refractivity (Wildman–Crippen MR) is 69.7 cm³/mol. The summed E-state index contributed by atoms with van der Waals surface area (Å²) in [4.78, 5) is 2.62. The largest absolute Gasteiger partial charge is 0.303 e. The van der Waals surface area contributed by atoms with Crippen molar-refractivity contribution in [1.82, 2.24) is 4.90 Å². The molecule has 0 saturated carbocycles. The van der Waals surface area contributed by atoms with Crippen molar-refractivity contribution in [3.8, 4) is 0 Å². The van der Waals surface area contributed by atoms with Crippen molar-refractivity contribution in [3.63, 3.8) is 0 Å². The topological polar surface area (TPSA) is 3.24 Å². The number of likely N-dealkylation sites (tertiary alicyclic amines) is 1. The Kier molecular flexibility index (Phi) is 4.00. The van der Waals surface area contributed by atoms with Gasteiger partial charge in [-0.3, -0.25) is 0 Å². The number of benzene rings is 1. The minimum absolute atomic E-state index is 0.662. The lowest BCUT2D eigenvalue weighted by Crippen LogP contribution is -2.35. The predicted octanol–water partition coefficient (Wildman–Crippen LogP) is 3.52. The lowest BCUT2D eigenvalue weighted by Gasteiger charge is -2.32. The lowest BCUT2D eigenvalue weighted by molar-refractivity contribution is 0.185. The zero-order valence-corrected chi connectivity index (χ0v) is 10.5. The van der Waals surface area contributed by atoms with Gasteiger partial charge in [-0.25, -0.2) is 0 Å². The molecule has 0 spiro atoms. The molecule has 1 aliphatic heterocycles. The van der Waals surface area contributed by atoms with Crippen LogP contribution in [0.25, 0.3) is 0 Å². The number of hydrogen-bond acceptors (Lipinski definition) is 1. The van der Waals surface area contributed by atoms with E-state index in [1.54, 1.807) is 0 Å². The van der Waals surface area contributed by atoms with E-state index in [0.29, 0.717) is 5.92 Å². The van der Waals surface area contributed by atoms with Gasteiger partial charge in [-0.2, -0.15) is 0 Å². The average molecular weight is 217 g/mol. The number of nitrogens with zero attached hydrogens (tertiary/aromatic N) is 1. The Hall–Kier alpha value is -0.820. The summed E-state index contributed by atoms with van der Waals surface area (Å²) in [6.07, 6.45) is 2.75. The van der Waals surface area contributed by atoms with Gasteiger partial charge < -0.3 is 4.90 Å². The molecule has 1 heteroatoms. The quantitative estimate of drug-likeness (QED) is 0.748. The second-order valence-corrected chi connectivity index (χ2v) is 5.29. The summed E-state index contributed by atoms with van der Waals surface area (Å²) in [7, 11) is 0. The molecule has 2 rings (SSSR count). The Morgan fingerprint density at radius 2 is 1.81 bits per heavy atom. The molecule has 1 aromatic rings. The highest BCUT2D eigenvalue weighted by molar-refractivity contribution is 5.19. The average Bonchev–Trinajstić information content (AvgIpc) is 2.33. The first-order valence-electron chi connectivity index (χ1n) is 6.53. The van der Waals surface area contributed by atoms with Gasteiger partial charge in [0, 0.05) is 6.54 Å². The van der Waals surface area contributed by atoms with Gasteiger partial charge in [0.1, 0.15) is 0 Å². The van der Waals surface area contributed by atoms with E-state index < -0.39 is 0 Å². The first-order chi connectivity index (χ1) is 7.75. The fraction of sp³-hybridized carbons (Fsp3) is 0.600. The molecule has 0 N–H and O–H groups in total. The molecule has 0 aliphatic carbocycles. The molecule has 0 unspecified atom stereocenters. The van der Waals surface area contributed by atoms with E-state index in [2.05, 4.69) is 49.1 Å². The molecule has 1 heterocycles. The van der Waals surface area contributed by atoms with Crippen molar-refractivity contribution < 1.29 is 0 Å². The zero-order valence-electron chi connectivity index (χ0n) is 10.5. The monoisotopic (exact) mass is 217 g/mol. The van der Waals surface area contributed by atoms with Crippen LogP contribution in [0.1, 0.15) is 38.2 Å². The maximum Gasteiger partial charge on any atom is 0.00476 e. The van der Waals surface area contributed by atoms with Crippen LogP contribution in [0.4, 0.5) is 0 Å². The van der Waals surface area contributed by atoms with E-state index in [1.165, 1.54) is 38.0 Å². The Morgan fingerprint density at radius 1 is 1.19 bits per heavy atom. The third kappa shape index (κ3) is 3.08. The van der Waals surface area contributed by atoms with Crippen LogP contribution in [0.2, 0.25) is 0 Å². The Labute approximate surface area is 99.5 Å². The van der Waals surface area contributed by atoms with E-state index >= 15 is 0 Å². The first kappa shape index (κ1) is 11.7. The number of rotatable bonds is 3. The van der Waals surface area contributed by atoms with Crippen molar-refractivity contribution >= 4 is 0 Å². The van der Waals surface area contributed by atoms with Crippen LogP contribution < -0.4 is 0 Å². The van der Waals surface area contributed by atoms with Crippen LogP contribution in [0.3, 0.4) is 0 Å². The van der Waals surface area contributed by atoms with E-state index in [1.807, 2.05) is 0 Å². The summed E-state index contributed by atoms with van der Waals surface area (Å²) in [6, 6.07) is 10.9. The summed E-state index contributed by atoms with van der Waals surface area (Å²) in [5.74, 6) is 1.60. The fourth-order valence-corrected chi connectivity index (χ4v) is 2.52. The fourth-order valence-electron chi connectivity index (χ4n) is 2.52. The number of hydrogen-bond donors (Lipinski definition) is 0. The van der Waals surface area contributed by atoms with Crippen molar-refractivity contribution in [2.24, 2.45) is 5.92 Å². The normalized spacial score (nSPS) is 20.9. The highest BCUT2D eigenvalue weighted by atomic mass is 15.1. The van der Waals surface area contributed by atoms with Gasteiger partial charge in [-0.1, -0.05) is 44.2 Å². The van der Waals surface area contributed by atoms with Crippen LogP contribution in [-0.4, -0.2) is 24.5 Å². The molecule has 16 heavy (non-hydrogen) atoms. The van der Waals surface area contributed by atoms with Gasteiger partial charge in [-0.05, 0) is 43.3 Å². The van der Waals surface area contributed by atoms with E-state index in [9.17, 15) is 0 Å². The third-order valence-electron chi connectivity index (χ3n) is 3.78. The van der Waals surface area contributed by atoms with E-state index in [0.717, 1.165) is 5.92 Å². The van der Waals surface area contributed by atoms with Gasteiger partial charge >= 0.3 is 0 Å². The van der Waals surface area contributed by atoms with Gasteiger partial charge in [0.15, 0.2) is 0 Å². The molecule has 0 radical (unpaired) electrons. The standard InChI is InChI=1S/C15H23N/c1-13-8-10-16(11-9-13)12-14(2)15-6-4-3-5-7-15/h3-7,13-14H,8-12H2,1-2H3/t14-/m0/s1. The lowest BCUT2D eigenvalue weighted by atomic mass is 9.96. The van der Waals surface area contributed by atoms with Crippen LogP contribution in [-0.2, 0) is 0 Å². The summed E-state index contributed by atoms with van der Waals surface area (Å²) in [5.41, 5.74) is 1.47. The van der Waals surface area contributed by atoms with Crippen LogP contribution in [0.15, 0.2) is 30.3 Å². The Morgan fingerprint density at radius 3 is 2.44 bits per heavy atom. The van der Waals surface area contributed by atoms with Crippen molar-refractivity contribution in [3.05, 3.63) is 35.9 Å². The summed E-state index contributed by atoms with van der Waals surface area (Å²) in [5, 5.41) is 0. The van der Waals surface area contributed by atoms with Crippen molar-refractivity contribution in [2.45, 2.75) is 32.6 Å². The van der Waals surface area contributed by atoms with Crippen molar-refractivity contribution in [1.29, 1.82) is 0 Å². The highest BCUT2D eigenvalue weighted by Crippen LogP contribution is 2.21.